The Morgan fingerprint density at radius 3 is 2.94 bits per heavy atom. The van der Waals surface area contributed by atoms with Gasteiger partial charge in [-0.2, -0.15) is 0 Å². The van der Waals surface area contributed by atoms with E-state index in [9.17, 15) is 0 Å². The van der Waals surface area contributed by atoms with Crippen LogP contribution in [0.25, 0.3) is 11.5 Å². The lowest BCUT2D eigenvalue weighted by atomic mass is 10.2. The first-order valence-electron chi connectivity index (χ1n) is 6.51. The lowest BCUT2D eigenvalue weighted by molar-refractivity contribution is 0.472. The molecule has 0 atom stereocenters. The average molecular weight is 248 g/mol. The minimum Gasteiger partial charge on any atom is -0.461 e. The van der Waals surface area contributed by atoms with Gasteiger partial charge in [0.05, 0.1) is 12.5 Å². The zero-order valence-corrected chi connectivity index (χ0v) is 11.0. The Balaban J connectivity index is 1.85. The third-order valence-electron chi connectivity index (χ3n) is 2.81. The Labute approximate surface area is 107 Å². The Kier molecular flexibility index (Phi) is 4.59. The van der Waals surface area contributed by atoms with Gasteiger partial charge >= 0.3 is 0 Å². The summed E-state index contributed by atoms with van der Waals surface area (Å²) in [6.07, 6.45) is 6.47. The molecule has 2 heterocycles. The molecule has 0 aliphatic heterocycles. The van der Waals surface area contributed by atoms with E-state index < -0.39 is 0 Å². The molecule has 2 aromatic heterocycles. The Bertz CT molecular complexity index is 474. The van der Waals surface area contributed by atoms with Crippen LogP contribution in [0.4, 0.5) is 0 Å². The second-order valence-electron chi connectivity index (χ2n) is 4.40. The molecule has 0 bridgehead atoms. The number of aryl methyl sites for hydroxylation is 2. The van der Waals surface area contributed by atoms with Gasteiger partial charge < -0.3 is 14.2 Å². The normalized spacial score (nSPS) is 11.0. The fourth-order valence-corrected chi connectivity index (χ4v) is 1.82. The first kappa shape index (κ1) is 12.9. The number of hydrogen-bond acceptors (Lipinski definition) is 4. The summed E-state index contributed by atoms with van der Waals surface area (Å²) in [5, 5.41) is 3.36. The van der Waals surface area contributed by atoms with Crippen molar-refractivity contribution in [3.8, 4) is 11.5 Å². The van der Waals surface area contributed by atoms with Crippen molar-refractivity contribution >= 4 is 0 Å². The van der Waals surface area contributed by atoms with Crippen LogP contribution in [0, 0.1) is 6.92 Å². The van der Waals surface area contributed by atoms with E-state index in [1.54, 1.807) is 12.5 Å². The van der Waals surface area contributed by atoms with E-state index in [0.29, 0.717) is 5.76 Å². The quantitative estimate of drug-likeness (QED) is 0.765. The first-order chi connectivity index (χ1) is 8.81. The van der Waals surface area contributed by atoms with Crippen LogP contribution in [-0.4, -0.2) is 18.1 Å². The van der Waals surface area contributed by atoms with Crippen LogP contribution in [0.1, 0.15) is 31.2 Å². The van der Waals surface area contributed by atoms with Gasteiger partial charge in [-0.1, -0.05) is 6.92 Å². The van der Waals surface area contributed by atoms with E-state index in [-0.39, 0.29) is 0 Å². The van der Waals surface area contributed by atoms with Gasteiger partial charge in [-0.3, -0.25) is 0 Å². The monoisotopic (exact) mass is 248 g/mol. The molecule has 0 unspecified atom stereocenters. The lowest BCUT2D eigenvalue weighted by Gasteiger charge is -2.00. The highest BCUT2D eigenvalue weighted by Gasteiger charge is 2.11. The number of rotatable bonds is 7. The Morgan fingerprint density at radius 1 is 1.33 bits per heavy atom. The largest absolute Gasteiger partial charge is 0.461 e. The fraction of sp³-hybridized carbons (Fsp3) is 0.500. The minimum absolute atomic E-state index is 0.717. The molecule has 0 spiro atoms. The summed E-state index contributed by atoms with van der Waals surface area (Å²) in [4.78, 5) is 4.28. The molecule has 0 saturated heterocycles. The van der Waals surface area contributed by atoms with Crippen molar-refractivity contribution in [3.63, 3.8) is 0 Å². The average Bonchev–Trinajstić information content (AvgIpc) is 2.97. The first-order valence-corrected chi connectivity index (χ1v) is 6.51. The Morgan fingerprint density at radius 2 is 2.22 bits per heavy atom. The van der Waals surface area contributed by atoms with Crippen molar-refractivity contribution in [1.29, 1.82) is 0 Å². The van der Waals surface area contributed by atoms with Crippen LogP contribution >= 0.6 is 0 Å². The third kappa shape index (κ3) is 3.23. The zero-order valence-electron chi connectivity index (χ0n) is 11.0. The fourth-order valence-electron chi connectivity index (χ4n) is 1.82. The maximum atomic E-state index is 5.68. The van der Waals surface area contributed by atoms with Crippen LogP contribution in [-0.2, 0) is 6.42 Å². The molecular weight excluding hydrogens is 228 g/mol. The number of nitrogens with zero attached hydrogens (tertiary/aromatic N) is 1. The second-order valence-corrected chi connectivity index (χ2v) is 4.40. The van der Waals surface area contributed by atoms with Crippen LogP contribution in [0.2, 0.25) is 0 Å². The van der Waals surface area contributed by atoms with E-state index in [1.807, 2.05) is 13.0 Å². The van der Waals surface area contributed by atoms with E-state index >= 15 is 0 Å². The molecule has 18 heavy (non-hydrogen) atoms. The molecule has 1 N–H and O–H groups in total. The van der Waals surface area contributed by atoms with Crippen molar-refractivity contribution in [2.24, 2.45) is 0 Å². The van der Waals surface area contributed by atoms with Crippen molar-refractivity contribution in [3.05, 3.63) is 30.0 Å². The zero-order chi connectivity index (χ0) is 12.8. The number of furan rings is 1. The highest BCUT2D eigenvalue weighted by Crippen LogP contribution is 2.25. The predicted octanol–water partition coefficient (Wildman–Crippen LogP) is 3.18. The summed E-state index contributed by atoms with van der Waals surface area (Å²) in [5.41, 5.74) is 1.07. The van der Waals surface area contributed by atoms with Crippen LogP contribution in [0.3, 0.4) is 0 Å². The topological polar surface area (TPSA) is 51.2 Å². The molecule has 0 radical (unpaired) electrons. The summed E-state index contributed by atoms with van der Waals surface area (Å²) in [5.74, 6) is 2.27. The standard InChI is InChI=1S/C14H20N2O2/c1-3-7-15-8-4-5-13-16-10-12(18-13)14-11(2)6-9-17-14/h6,9-10,15H,3-5,7-8H2,1-2H3. The molecule has 0 saturated carbocycles. The molecule has 0 fully saturated rings. The van der Waals surface area contributed by atoms with Gasteiger partial charge in [0.1, 0.15) is 0 Å². The molecular formula is C14H20N2O2. The summed E-state index contributed by atoms with van der Waals surface area (Å²) in [6, 6.07) is 1.92. The predicted molar refractivity (Wildman–Crippen MR) is 70.4 cm³/mol. The van der Waals surface area contributed by atoms with E-state index in [4.69, 9.17) is 8.83 Å². The van der Waals surface area contributed by atoms with Crippen LogP contribution in [0.15, 0.2) is 27.4 Å². The summed E-state index contributed by atoms with van der Waals surface area (Å²) in [6.45, 7) is 6.24. The van der Waals surface area contributed by atoms with Gasteiger partial charge in [0, 0.05) is 6.42 Å². The molecule has 0 aliphatic carbocycles. The minimum atomic E-state index is 0.717. The smallest absolute Gasteiger partial charge is 0.195 e. The third-order valence-corrected chi connectivity index (χ3v) is 2.81. The van der Waals surface area contributed by atoms with Gasteiger partial charge in [0.2, 0.25) is 0 Å². The van der Waals surface area contributed by atoms with Crippen molar-refractivity contribution in [2.75, 3.05) is 13.1 Å². The number of oxazole rings is 1. The molecule has 4 nitrogen and oxygen atoms in total. The molecule has 4 heteroatoms. The van der Waals surface area contributed by atoms with Gasteiger partial charge in [0.15, 0.2) is 17.4 Å². The number of hydrogen-bond donors (Lipinski definition) is 1. The van der Waals surface area contributed by atoms with Crippen LogP contribution in [0.5, 0.6) is 0 Å². The van der Waals surface area contributed by atoms with Crippen molar-refractivity contribution in [2.45, 2.75) is 33.1 Å². The molecule has 0 aromatic carbocycles. The van der Waals surface area contributed by atoms with E-state index in [2.05, 4.69) is 17.2 Å². The maximum absolute atomic E-state index is 5.68. The van der Waals surface area contributed by atoms with E-state index in [0.717, 1.165) is 43.1 Å². The summed E-state index contributed by atoms with van der Waals surface area (Å²) in [7, 11) is 0. The van der Waals surface area contributed by atoms with Gasteiger partial charge in [-0.05, 0) is 44.5 Å². The highest BCUT2D eigenvalue weighted by molar-refractivity contribution is 5.53. The maximum Gasteiger partial charge on any atom is 0.195 e. The highest BCUT2D eigenvalue weighted by atomic mass is 16.4. The van der Waals surface area contributed by atoms with E-state index in [1.165, 1.54) is 6.42 Å². The summed E-state index contributed by atoms with van der Waals surface area (Å²) < 4.78 is 11.1. The molecule has 2 rings (SSSR count). The molecule has 2 aromatic rings. The van der Waals surface area contributed by atoms with Crippen LogP contribution < -0.4 is 5.32 Å². The van der Waals surface area contributed by atoms with Crippen molar-refractivity contribution < 1.29 is 8.83 Å². The van der Waals surface area contributed by atoms with Gasteiger partial charge in [-0.25, -0.2) is 4.98 Å². The number of nitrogens with one attached hydrogen (secondary N) is 1. The summed E-state index contributed by atoms with van der Waals surface area (Å²) >= 11 is 0. The lowest BCUT2D eigenvalue weighted by Crippen LogP contribution is -2.16. The number of aromatic nitrogens is 1. The van der Waals surface area contributed by atoms with Gasteiger partial charge in [-0.15, -0.1) is 0 Å². The SMILES string of the molecule is CCCNCCCc1ncc(-c2occc2C)o1. The molecule has 98 valence electrons. The second kappa shape index (κ2) is 6.40. The molecule has 0 amide bonds. The van der Waals surface area contributed by atoms with Crippen molar-refractivity contribution in [1.82, 2.24) is 10.3 Å². The Hall–Kier alpha value is -1.55. The molecule has 0 aliphatic rings. The van der Waals surface area contributed by atoms with Gasteiger partial charge in [0.25, 0.3) is 0 Å².